The van der Waals surface area contributed by atoms with Crippen LogP contribution >= 0.6 is 0 Å². The lowest BCUT2D eigenvalue weighted by molar-refractivity contribution is -0.124. The van der Waals surface area contributed by atoms with E-state index in [0.29, 0.717) is 5.56 Å². The second-order valence-corrected chi connectivity index (χ2v) is 8.90. The molecule has 156 valence electrons. The van der Waals surface area contributed by atoms with Gasteiger partial charge in [-0.15, -0.1) is 0 Å². The standard InChI is InChI=1S/C25H27FN2O2/c1-15(25(2,3)4)23(29)12-19(27)13-24(30)17-7-10-22-20(11-17)21(14-28-22)16-5-8-18(26)9-6-16/h5-11,14-15,27-28H,12-13H2,1-4H3. The first-order chi connectivity index (χ1) is 14.1. The number of halogens is 1. The first-order valence-corrected chi connectivity index (χ1v) is 10.1. The monoisotopic (exact) mass is 406 g/mol. The number of carbonyl (C=O) groups is 2. The summed E-state index contributed by atoms with van der Waals surface area (Å²) in [7, 11) is 0. The lowest BCUT2D eigenvalue weighted by Crippen LogP contribution is -2.27. The van der Waals surface area contributed by atoms with Crippen molar-refractivity contribution in [3.05, 3.63) is 60.0 Å². The highest BCUT2D eigenvalue weighted by molar-refractivity contribution is 6.14. The Kier molecular flexibility index (Phi) is 6.01. The first-order valence-electron chi connectivity index (χ1n) is 10.1. The van der Waals surface area contributed by atoms with Crippen molar-refractivity contribution in [1.82, 2.24) is 4.98 Å². The summed E-state index contributed by atoms with van der Waals surface area (Å²) in [5.41, 5.74) is 3.05. The van der Waals surface area contributed by atoms with Gasteiger partial charge in [0.2, 0.25) is 0 Å². The van der Waals surface area contributed by atoms with E-state index in [1.54, 1.807) is 24.3 Å². The van der Waals surface area contributed by atoms with Gasteiger partial charge in [0.05, 0.1) is 0 Å². The second kappa shape index (κ2) is 8.34. The van der Waals surface area contributed by atoms with Crippen molar-refractivity contribution >= 4 is 28.2 Å². The van der Waals surface area contributed by atoms with Crippen molar-refractivity contribution in [2.45, 2.75) is 40.5 Å². The van der Waals surface area contributed by atoms with Crippen LogP contribution in [-0.2, 0) is 4.79 Å². The molecule has 2 N–H and O–H groups in total. The smallest absolute Gasteiger partial charge is 0.168 e. The minimum absolute atomic E-state index is 0.00257. The molecule has 0 amide bonds. The van der Waals surface area contributed by atoms with Crippen LogP contribution in [0.4, 0.5) is 4.39 Å². The summed E-state index contributed by atoms with van der Waals surface area (Å²) in [4.78, 5) is 28.3. The molecule has 30 heavy (non-hydrogen) atoms. The molecule has 0 radical (unpaired) electrons. The lowest BCUT2D eigenvalue weighted by atomic mass is 9.78. The first kappa shape index (κ1) is 21.6. The molecule has 0 aliphatic heterocycles. The summed E-state index contributed by atoms with van der Waals surface area (Å²) in [6.07, 6.45) is 1.75. The predicted molar refractivity (Wildman–Crippen MR) is 119 cm³/mol. The van der Waals surface area contributed by atoms with Crippen molar-refractivity contribution in [3.8, 4) is 11.1 Å². The van der Waals surface area contributed by atoms with E-state index in [-0.39, 0.29) is 47.3 Å². The summed E-state index contributed by atoms with van der Waals surface area (Å²) in [5.74, 6) is -0.685. The summed E-state index contributed by atoms with van der Waals surface area (Å²) in [6.45, 7) is 7.85. The van der Waals surface area contributed by atoms with Gasteiger partial charge in [-0.25, -0.2) is 4.39 Å². The van der Waals surface area contributed by atoms with Crippen LogP contribution in [0, 0.1) is 22.6 Å². The van der Waals surface area contributed by atoms with Gasteiger partial charge in [0.25, 0.3) is 0 Å². The number of hydrogen-bond acceptors (Lipinski definition) is 3. The molecule has 5 heteroatoms. The molecule has 2 aromatic carbocycles. The summed E-state index contributed by atoms with van der Waals surface area (Å²) < 4.78 is 13.2. The third-order valence-corrected chi connectivity index (χ3v) is 5.70. The molecule has 4 nitrogen and oxygen atoms in total. The van der Waals surface area contributed by atoms with E-state index in [2.05, 4.69) is 4.98 Å². The Morgan fingerprint density at radius 2 is 1.73 bits per heavy atom. The van der Waals surface area contributed by atoms with Crippen molar-refractivity contribution in [2.24, 2.45) is 11.3 Å². The van der Waals surface area contributed by atoms with Crippen LogP contribution < -0.4 is 0 Å². The zero-order valence-corrected chi connectivity index (χ0v) is 17.8. The van der Waals surface area contributed by atoms with Crippen LogP contribution in [0.3, 0.4) is 0 Å². The minimum atomic E-state index is -0.303. The van der Waals surface area contributed by atoms with Gasteiger partial charge in [0.15, 0.2) is 5.78 Å². The second-order valence-electron chi connectivity index (χ2n) is 8.90. The van der Waals surface area contributed by atoms with Gasteiger partial charge < -0.3 is 10.4 Å². The number of benzene rings is 2. The zero-order chi connectivity index (χ0) is 22.1. The van der Waals surface area contributed by atoms with Crippen LogP contribution in [0.15, 0.2) is 48.7 Å². The summed E-state index contributed by atoms with van der Waals surface area (Å²) >= 11 is 0. The molecule has 3 rings (SSSR count). The molecular weight excluding hydrogens is 379 g/mol. The predicted octanol–water partition coefficient (Wildman–Crippen LogP) is 6.21. The number of carbonyl (C=O) groups excluding carboxylic acids is 2. The number of rotatable bonds is 7. The highest BCUT2D eigenvalue weighted by Gasteiger charge is 2.27. The van der Waals surface area contributed by atoms with Crippen LogP contribution in [-0.4, -0.2) is 22.3 Å². The highest BCUT2D eigenvalue weighted by atomic mass is 19.1. The largest absolute Gasteiger partial charge is 0.361 e. The average molecular weight is 407 g/mol. The SMILES string of the molecule is CC(C(=O)CC(=N)CC(=O)c1ccc2[nH]cc(-c3ccc(F)cc3)c2c1)C(C)(C)C. The normalized spacial score (nSPS) is 12.7. The van der Waals surface area contributed by atoms with E-state index in [4.69, 9.17) is 5.41 Å². The lowest BCUT2D eigenvalue weighted by Gasteiger charge is -2.25. The van der Waals surface area contributed by atoms with Gasteiger partial charge in [-0.3, -0.25) is 9.59 Å². The van der Waals surface area contributed by atoms with Crippen LogP contribution in [0.5, 0.6) is 0 Å². The average Bonchev–Trinajstić information content (AvgIpc) is 3.10. The Bertz CT molecular complexity index is 1100. The Morgan fingerprint density at radius 3 is 2.37 bits per heavy atom. The highest BCUT2D eigenvalue weighted by Crippen LogP contribution is 2.30. The minimum Gasteiger partial charge on any atom is -0.361 e. The number of H-pyrrole nitrogens is 1. The maximum atomic E-state index is 13.2. The van der Waals surface area contributed by atoms with E-state index < -0.39 is 0 Å². The maximum absolute atomic E-state index is 13.2. The quantitative estimate of drug-likeness (QED) is 0.362. The molecular formula is C25H27FN2O2. The Balaban J connectivity index is 1.77. The molecule has 0 aliphatic rings. The fraction of sp³-hybridized carbons (Fsp3) is 0.320. The van der Waals surface area contributed by atoms with E-state index >= 15 is 0 Å². The molecule has 0 spiro atoms. The molecule has 0 saturated carbocycles. The molecule has 0 saturated heterocycles. The van der Waals surface area contributed by atoms with Crippen LogP contribution in [0.1, 0.15) is 50.9 Å². The number of nitrogens with one attached hydrogen (secondary N) is 2. The molecule has 1 atom stereocenters. The van der Waals surface area contributed by atoms with Crippen molar-refractivity contribution < 1.29 is 14.0 Å². The summed E-state index contributed by atoms with van der Waals surface area (Å²) in [6, 6.07) is 11.5. The molecule has 1 heterocycles. The molecule has 0 bridgehead atoms. The van der Waals surface area contributed by atoms with E-state index in [9.17, 15) is 14.0 Å². The summed E-state index contributed by atoms with van der Waals surface area (Å²) in [5, 5.41) is 9.00. The van der Waals surface area contributed by atoms with Gasteiger partial charge in [-0.05, 0) is 41.3 Å². The third-order valence-electron chi connectivity index (χ3n) is 5.70. The van der Waals surface area contributed by atoms with Crippen molar-refractivity contribution in [3.63, 3.8) is 0 Å². The third kappa shape index (κ3) is 4.73. The Morgan fingerprint density at radius 1 is 1.07 bits per heavy atom. The fourth-order valence-corrected chi connectivity index (χ4v) is 3.37. The van der Waals surface area contributed by atoms with Crippen molar-refractivity contribution in [1.29, 1.82) is 5.41 Å². The van der Waals surface area contributed by atoms with Crippen LogP contribution in [0.2, 0.25) is 0 Å². The molecule has 3 aromatic rings. The number of hydrogen-bond donors (Lipinski definition) is 2. The van der Waals surface area contributed by atoms with Crippen LogP contribution in [0.25, 0.3) is 22.0 Å². The zero-order valence-electron chi connectivity index (χ0n) is 17.8. The Hall–Kier alpha value is -3.08. The van der Waals surface area contributed by atoms with E-state index in [1.165, 1.54) is 12.1 Å². The number of ketones is 2. The fourth-order valence-electron chi connectivity index (χ4n) is 3.37. The number of fused-ring (bicyclic) bond motifs is 1. The van der Waals surface area contributed by atoms with Crippen molar-refractivity contribution in [2.75, 3.05) is 0 Å². The van der Waals surface area contributed by atoms with Gasteiger partial charge in [-0.1, -0.05) is 39.8 Å². The number of aromatic amines is 1. The van der Waals surface area contributed by atoms with E-state index in [0.717, 1.165) is 22.0 Å². The van der Waals surface area contributed by atoms with Gasteiger partial charge >= 0.3 is 0 Å². The maximum Gasteiger partial charge on any atom is 0.168 e. The van der Waals surface area contributed by atoms with E-state index in [1.807, 2.05) is 40.0 Å². The molecule has 1 aromatic heterocycles. The topological polar surface area (TPSA) is 73.8 Å². The number of Topliss-reactive ketones (excluding diaryl/α,β-unsaturated/α-hetero) is 2. The molecule has 0 aliphatic carbocycles. The Labute approximate surface area is 176 Å². The molecule has 1 unspecified atom stereocenters. The van der Waals surface area contributed by atoms with Gasteiger partial charge in [0.1, 0.15) is 11.6 Å². The van der Waals surface area contributed by atoms with Gasteiger partial charge in [0, 0.05) is 52.7 Å². The number of aromatic nitrogens is 1. The van der Waals surface area contributed by atoms with Gasteiger partial charge in [-0.2, -0.15) is 0 Å². The molecule has 0 fully saturated rings.